The predicted molar refractivity (Wildman–Crippen MR) is 112 cm³/mol. The summed E-state index contributed by atoms with van der Waals surface area (Å²) < 4.78 is 0. The summed E-state index contributed by atoms with van der Waals surface area (Å²) in [6, 6.07) is 16.6. The summed E-state index contributed by atoms with van der Waals surface area (Å²) in [5, 5.41) is 23.9. The molecule has 1 atom stereocenters. The van der Waals surface area contributed by atoms with Crippen molar-refractivity contribution < 1.29 is 14.8 Å². The van der Waals surface area contributed by atoms with Crippen molar-refractivity contribution in [2.24, 2.45) is 11.8 Å². The molecule has 0 spiro atoms. The van der Waals surface area contributed by atoms with E-state index in [-0.39, 0.29) is 35.0 Å². The highest BCUT2D eigenvalue weighted by molar-refractivity contribution is 5.79. The van der Waals surface area contributed by atoms with Crippen molar-refractivity contribution in [3.63, 3.8) is 0 Å². The minimum Gasteiger partial charge on any atom is -0.396 e. The van der Waals surface area contributed by atoms with Gasteiger partial charge in [0, 0.05) is 44.1 Å². The van der Waals surface area contributed by atoms with Crippen LogP contribution >= 0.6 is 0 Å². The van der Waals surface area contributed by atoms with Crippen molar-refractivity contribution in [1.82, 2.24) is 5.32 Å². The second kappa shape index (κ2) is 10.0. The summed E-state index contributed by atoms with van der Waals surface area (Å²) in [6.45, 7) is 1.67. The van der Waals surface area contributed by atoms with Crippen molar-refractivity contribution in [1.29, 1.82) is 0 Å². The van der Waals surface area contributed by atoms with Gasteiger partial charge in [0.1, 0.15) is 5.69 Å². The van der Waals surface area contributed by atoms with Crippen LogP contribution in [0, 0.1) is 22.0 Å². The molecule has 0 radical (unpaired) electrons. The van der Waals surface area contributed by atoms with Crippen molar-refractivity contribution in [2.75, 3.05) is 31.1 Å². The lowest BCUT2D eigenvalue weighted by Gasteiger charge is -2.32. The van der Waals surface area contributed by atoms with E-state index in [9.17, 15) is 20.0 Å². The highest BCUT2D eigenvalue weighted by atomic mass is 16.6. The maximum atomic E-state index is 12.6. The van der Waals surface area contributed by atoms with Gasteiger partial charge < -0.3 is 15.3 Å². The van der Waals surface area contributed by atoms with E-state index in [2.05, 4.69) is 5.32 Å². The van der Waals surface area contributed by atoms with Crippen LogP contribution in [0.1, 0.15) is 18.4 Å². The van der Waals surface area contributed by atoms with E-state index in [0.717, 1.165) is 5.56 Å². The molecule has 154 valence electrons. The third-order valence-electron chi connectivity index (χ3n) is 5.48. The standard InChI is InChI=1S/C22H27N3O4/c26-16-18(14-17-6-2-1-3-7-17)15-23-22(27)19-10-12-24(13-11-19)20-8-4-5-9-21(20)25(28)29/h1-9,18-19,26H,10-16H2,(H,23,27)/t18-/m0/s1. The van der Waals surface area contributed by atoms with E-state index >= 15 is 0 Å². The largest absolute Gasteiger partial charge is 0.396 e. The number of hydrogen-bond donors (Lipinski definition) is 2. The Balaban J connectivity index is 1.49. The van der Waals surface area contributed by atoms with E-state index in [1.54, 1.807) is 18.2 Å². The van der Waals surface area contributed by atoms with Crippen LogP contribution in [0.3, 0.4) is 0 Å². The summed E-state index contributed by atoms with van der Waals surface area (Å²) in [6.07, 6.45) is 2.02. The monoisotopic (exact) mass is 397 g/mol. The number of carbonyl (C=O) groups excluding carboxylic acids is 1. The van der Waals surface area contributed by atoms with Crippen LogP contribution in [0.25, 0.3) is 0 Å². The Morgan fingerprint density at radius 1 is 1.14 bits per heavy atom. The van der Waals surface area contributed by atoms with Crippen LogP contribution in [-0.4, -0.2) is 42.2 Å². The molecule has 7 heteroatoms. The second-order valence-electron chi connectivity index (χ2n) is 7.49. The zero-order valence-corrected chi connectivity index (χ0v) is 16.4. The summed E-state index contributed by atoms with van der Waals surface area (Å²) in [7, 11) is 0. The van der Waals surface area contributed by atoms with Gasteiger partial charge in [-0.2, -0.15) is 0 Å². The fraction of sp³-hybridized carbons (Fsp3) is 0.409. The lowest BCUT2D eigenvalue weighted by molar-refractivity contribution is -0.384. The maximum Gasteiger partial charge on any atom is 0.292 e. The Bertz CT molecular complexity index is 820. The summed E-state index contributed by atoms with van der Waals surface area (Å²) in [5.41, 5.74) is 1.85. The maximum absolute atomic E-state index is 12.6. The van der Waals surface area contributed by atoms with E-state index in [1.807, 2.05) is 35.2 Å². The Morgan fingerprint density at radius 2 is 1.79 bits per heavy atom. The van der Waals surface area contributed by atoms with Crippen molar-refractivity contribution in [2.45, 2.75) is 19.3 Å². The first kappa shape index (κ1) is 20.8. The molecule has 0 unspecified atom stereocenters. The third kappa shape index (κ3) is 5.54. The van der Waals surface area contributed by atoms with E-state index in [0.29, 0.717) is 44.6 Å². The second-order valence-corrected chi connectivity index (χ2v) is 7.49. The number of piperidine rings is 1. The van der Waals surface area contributed by atoms with Gasteiger partial charge in [0.15, 0.2) is 0 Å². The minimum absolute atomic E-state index is 0.00118. The van der Waals surface area contributed by atoms with E-state index in [1.165, 1.54) is 6.07 Å². The number of para-hydroxylation sites is 2. The molecule has 3 rings (SSSR count). The Labute approximate surface area is 170 Å². The number of anilines is 1. The lowest BCUT2D eigenvalue weighted by atomic mass is 9.94. The molecule has 0 aliphatic carbocycles. The highest BCUT2D eigenvalue weighted by Gasteiger charge is 2.28. The SMILES string of the molecule is O=C(NC[C@@H](CO)Cc1ccccc1)C1CCN(c2ccccc2[N+](=O)[O-])CC1. The molecule has 2 aromatic carbocycles. The first-order valence-electron chi connectivity index (χ1n) is 9.99. The molecular weight excluding hydrogens is 370 g/mol. The Hall–Kier alpha value is -2.93. The van der Waals surface area contributed by atoms with Crippen LogP contribution in [0.2, 0.25) is 0 Å². The molecular formula is C22H27N3O4. The highest BCUT2D eigenvalue weighted by Crippen LogP contribution is 2.31. The van der Waals surface area contributed by atoms with Gasteiger partial charge in [0.2, 0.25) is 5.91 Å². The lowest BCUT2D eigenvalue weighted by Crippen LogP contribution is -2.42. The van der Waals surface area contributed by atoms with Gasteiger partial charge in [-0.25, -0.2) is 0 Å². The Morgan fingerprint density at radius 3 is 2.45 bits per heavy atom. The number of nitro groups is 1. The first-order valence-corrected chi connectivity index (χ1v) is 9.99. The summed E-state index contributed by atoms with van der Waals surface area (Å²) >= 11 is 0. The van der Waals surface area contributed by atoms with Crippen molar-refractivity contribution in [3.8, 4) is 0 Å². The van der Waals surface area contributed by atoms with Crippen molar-refractivity contribution >= 4 is 17.3 Å². The predicted octanol–water partition coefficient (Wildman–Crippen LogP) is 2.78. The molecule has 0 bridgehead atoms. The van der Waals surface area contributed by atoms with Gasteiger partial charge >= 0.3 is 0 Å². The molecule has 1 heterocycles. The van der Waals surface area contributed by atoms with E-state index in [4.69, 9.17) is 0 Å². The Kier molecular flexibility index (Phi) is 7.19. The summed E-state index contributed by atoms with van der Waals surface area (Å²) in [4.78, 5) is 25.4. The van der Waals surface area contributed by atoms with Gasteiger partial charge in [-0.1, -0.05) is 42.5 Å². The minimum atomic E-state index is -0.365. The number of nitrogens with zero attached hydrogens (tertiary/aromatic N) is 2. The zero-order chi connectivity index (χ0) is 20.6. The number of carbonyl (C=O) groups is 1. The molecule has 2 N–H and O–H groups in total. The zero-order valence-electron chi connectivity index (χ0n) is 16.4. The number of aliphatic hydroxyl groups excluding tert-OH is 1. The number of nitrogens with one attached hydrogen (secondary N) is 1. The number of hydrogen-bond acceptors (Lipinski definition) is 5. The topological polar surface area (TPSA) is 95.7 Å². The molecule has 0 saturated carbocycles. The van der Waals surface area contributed by atoms with Gasteiger partial charge in [0.05, 0.1) is 4.92 Å². The van der Waals surface area contributed by atoms with E-state index < -0.39 is 0 Å². The van der Waals surface area contributed by atoms with Gasteiger partial charge in [-0.3, -0.25) is 14.9 Å². The fourth-order valence-electron chi connectivity index (χ4n) is 3.81. The molecule has 1 amide bonds. The van der Waals surface area contributed by atoms with Crippen molar-refractivity contribution in [3.05, 3.63) is 70.3 Å². The number of nitro benzene ring substituents is 1. The van der Waals surface area contributed by atoms with Crippen LogP contribution in [0.15, 0.2) is 54.6 Å². The normalized spacial score (nSPS) is 15.7. The average Bonchev–Trinajstić information content (AvgIpc) is 2.77. The van der Waals surface area contributed by atoms with Crippen LogP contribution in [0.5, 0.6) is 0 Å². The fourth-order valence-corrected chi connectivity index (χ4v) is 3.81. The first-order chi connectivity index (χ1) is 14.1. The number of amides is 1. The third-order valence-corrected chi connectivity index (χ3v) is 5.48. The quantitative estimate of drug-likeness (QED) is 0.527. The van der Waals surface area contributed by atoms with Crippen LogP contribution in [0.4, 0.5) is 11.4 Å². The molecule has 7 nitrogen and oxygen atoms in total. The van der Waals surface area contributed by atoms with Crippen LogP contribution < -0.4 is 10.2 Å². The van der Waals surface area contributed by atoms with Gasteiger partial charge in [0.25, 0.3) is 5.69 Å². The van der Waals surface area contributed by atoms with Crippen LogP contribution in [-0.2, 0) is 11.2 Å². The number of aliphatic hydroxyl groups is 1. The number of rotatable bonds is 8. The molecule has 1 fully saturated rings. The number of benzene rings is 2. The summed E-state index contributed by atoms with van der Waals surface area (Å²) in [5.74, 6) is -0.128. The molecule has 1 aliphatic heterocycles. The smallest absolute Gasteiger partial charge is 0.292 e. The molecule has 0 aromatic heterocycles. The molecule has 29 heavy (non-hydrogen) atoms. The van der Waals surface area contributed by atoms with Gasteiger partial charge in [-0.15, -0.1) is 0 Å². The molecule has 1 aliphatic rings. The van der Waals surface area contributed by atoms with Gasteiger partial charge in [-0.05, 0) is 30.9 Å². The average molecular weight is 397 g/mol. The molecule has 2 aromatic rings. The molecule has 1 saturated heterocycles.